The lowest BCUT2D eigenvalue weighted by Gasteiger charge is -2.06. The number of aliphatic hydroxyl groups excluding tert-OH is 1. The second kappa shape index (κ2) is 6.33. The summed E-state index contributed by atoms with van der Waals surface area (Å²) in [5.74, 6) is 0. The lowest BCUT2D eigenvalue weighted by Crippen LogP contribution is -1.98. The Morgan fingerprint density at radius 2 is 1.86 bits per heavy atom. The predicted octanol–water partition coefficient (Wildman–Crippen LogP) is 4.42. The van der Waals surface area contributed by atoms with Gasteiger partial charge in [0.05, 0.1) is 6.61 Å². The summed E-state index contributed by atoms with van der Waals surface area (Å²) in [4.78, 5) is 0. The van der Waals surface area contributed by atoms with Gasteiger partial charge in [0.2, 0.25) is 0 Å². The Labute approximate surface area is 129 Å². The van der Waals surface area contributed by atoms with E-state index in [1.807, 2.05) is 30.5 Å². The molecule has 21 heavy (non-hydrogen) atoms. The maximum atomic E-state index is 9.48. The van der Waals surface area contributed by atoms with Gasteiger partial charge in [-0.15, -0.1) is 0 Å². The number of aromatic nitrogens is 1. The number of halogens is 1. The van der Waals surface area contributed by atoms with E-state index in [4.69, 9.17) is 11.6 Å². The van der Waals surface area contributed by atoms with E-state index in [2.05, 4.69) is 28.8 Å². The van der Waals surface area contributed by atoms with Crippen molar-refractivity contribution in [2.24, 2.45) is 0 Å². The van der Waals surface area contributed by atoms with Crippen LogP contribution in [0.4, 0.5) is 0 Å². The van der Waals surface area contributed by atoms with E-state index in [9.17, 15) is 5.11 Å². The Morgan fingerprint density at radius 1 is 1.05 bits per heavy atom. The van der Waals surface area contributed by atoms with E-state index in [0.717, 1.165) is 40.9 Å². The Hall–Kier alpha value is -1.77. The lowest BCUT2D eigenvalue weighted by molar-refractivity contribution is 0.283. The van der Waals surface area contributed by atoms with E-state index in [0.29, 0.717) is 0 Å². The summed E-state index contributed by atoms with van der Waals surface area (Å²) in [6.45, 7) is 0.982. The third kappa shape index (κ3) is 3.12. The summed E-state index contributed by atoms with van der Waals surface area (Å²) >= 11 is 6.10. The Morgan fingerprint density at radius 3 is 2.62 bits per heavy atom. The number of hydrogen-bond donors (Lipinski definition) is 1. The third-order valence-electron chi connectivity index (χ3n) is 3.80. The minimum absolute atomic E-state index is 0.0593. The molecule has 0 unspecified atom stereocenters. The van der Waals surface area contributed by atoms with Crippen LogP contribution in [-0.4, -0.2) is 9.67 Å². The SMILES string of the molecule is OCc1cn(CCCc2ccccc2)c2cc(Cl)ccc12. The topological polar surface area (TPSA) is 25.2 Å². The monoisotopic (exact) mass is 299 g/mol. The van der Waals surface area contributed by atoms with Crippen molar-refractivity contribution >= 4 is 22.5 Å². The maximum absolute atomic E-state index is 9.48. The number of fused-ring (bicyclic) bond motifs is 1. The molecule has 108 valence electrons. The van der Waals surface area contributed by atoms with Crippen LogP contribution in [0.25, 0.3) is 10.9 Å². The van der Waals surface area contributed by atoms with Crippen LogP contribution in [0.2, 0.25) is 5.02 Å². The van der Waals surface area contributed by atoms with Crippen molar-refractivity contribution in [1.29, 1.82) is 0 Å². The van der Waals surface area contributed by atoms with Crippen molar-refractivity contribution in [3.05, 3.63) is 70.9 Å². The molecule has 3 aromatic rings. The molecule has 3 heteroatoms. The smallest absolute Gasteiger partial charge is 0.0702 e. The molecule has 0 bridgehead atoms. The highest BCUT2D eigenvalue weighted by Gasteiger charge is 2.08. The van der Waals surface area contributed by atoms with E-state index in [1.54, 1.807) is 0 Å². The normalized spacial score (nSPS) is 11.1. The molecule has 0 radical (unpaired) electrons. The first-order valence-corrected chi connectivity index (χ1v) is 7.58. The van der Waals surface area contributed by atoms with Gasteiger partial charge in [-0.25, -0.2) is 0 Å². The first kappa shape index (κ1) is 14.2. The van der Waals surface area contributed by atoms with Crippen LogP contribution >= 0.6 is 11.6 Å². The predicted molar refractivity (Wildman–Crippen MR) is 87.6 cm³/mol. The van der Waals surface area contributed by atoms with Crippen LogP contribution in [0.15, 0.2) is 54.7 Å². The quantitative estimate of drug-likeness (QED) is 0.741. The molecule has 1 N–H and O–H groups in total. The molecule has 1 aromatic heterocycles. The van der Waals surface area contributed by atoms with E-state index < -0.39 is 0 Å². The highest BCUT2D eigenvalue weighted by molar-refractivity contribution is 6.31. The minimum Gasteiger partial charge on any atom is -0.392 e. The number of rotatable bonds is 5. The highest BCUT2D eigenvalue weighted by Crippen LogP contribution is 2.25. The first-order chi connectivity index (χ1) is 10.3. The molecular weight excluding hydrogens is 282 g/mol. The Kier molecular flexibility index (Phi) is 4.28. The van der Waals surface area contributed by atoms with Gasteiger partial charge in [-0.1, -0.05) is 48.0 Å². The van der Waals surface area contributed by atoms with Crippen LogP contribution in [0.1, 0.15) is 17.5 Å². The second-order valence-corrected chi connectivity index (χ2v) is 5.69. The fourth-order valence-corrected chi connectivity index (χ4v) is 2.92. The molecule has 3 rings (SSSR count). The van der Waals surface area contributed by atoms with Gasteiger partial charge in [-0.05, 0) is 30.5 Å². The van der Waals surface area contributed by atoms with Gasteiger partial charge in [-0.3, -0.25) is 0 Å². The van der Waals surface area contributed by atoms with E-state index in [-0.39, 0.29) is 6.61 Å². The molecule has 0 atom stereocenters. The van der Waals surface area contributed by atoms with Gasteiger partial charge in [0.1, 0.15) is 0 Å². The molecule has 0 saturated heterocycles. The molecule has 0 aliphatic rings. The molecular formula is C18H18ClNO. The van der Waals surface area contributed by atoms with Gasteiger partial charge in [0, 0.05) is 34.2 Å². The minimum atomic E-state index is 0.0593. The summed E-state index contributed by atoms with van der Waals surface area (Å²) in [7, 11) is 0. The first-order valence-electron chi connectivity index (χ1n) is 7.20. The third-order valence-corrected chi connectivity index (χ3v) is 4.04. The molecule has 0 aliphatic heterocycles. The molecule has 1 heterocycles. The van der Waals surface area contributed by atoms with Gasteiger partial charge in [0.15, 0.2) is 0 Å². The van der Waals surface area contributed by atoms with Crippen LogP contribution in [-0.2, 0) is 19.6 Å². The second-order valence-electron chi connectivity index (χ2n) is 5.26. The molecule has 0 amide bonds. The highest BCUT2D eigenvalue weighted by atomic mass is 35.5. The zero-order valence-electron chi connectivity index (χ0n) is 11.8. The van der Waals surface area contributed by atoms with Crippen LogP contribution in [0.3, 0.4) is 0 Å². The van der Waals surface area contributed by atoms with Crippen LogP contribution < -0.4 is 0 Å². The van der Waals surface area contributed by atoms with E-state index >= 15 is 0 Å². The summed E-state index contributed by atoms with van der Waals surface area (Å²) in [6.07, 6.45) is 4.15. The molecule has 0 spiro atoms. The lowest BCUT2D eigenvalue weighted by atomic mass is 10.1. The van der Waals surface area contributed by atoms with Gasteiger partial charge >= 0.3 is 0 Å². The largest absolute Gasteiger partial charge is 0.392 e. The molecule has 0 aliphatic carbocycles. The molecule has 0 saturated carbocycles. The fourth-order valence-electron chi connectivity index (χ4n) is 2.75. The summed E-state index contributed by atoms with van der Waals surface area (Å²) in [5, 5.41) is 11.3. The van der Waals surface area contributed by atoms with Gasteiger partial charge in [0.25, 0.3) is 0 Å². The van der Waals surface area contributed by atoms with Crippen LogP contribution in [0, 0.1) is 0 Å². The standard InChI is InChI=1S/C18H18ClNO/c19-16-8-9-17-15(13-21)12-20(18(17)11-16)10-4-7-14-5-2-1-3-6-14/h1-3,5-6,8-9,11-12,21H,4,7,10,13H2. The molecule has 2 aromatic carbocycles. The number of hydrogen-bond acceptors (Lipinski definition) is 1. The maximum Gasteiger partial charge on any atom is 0.0702 e. The van der Waals surface area contributed by atoms with Crippen molar-refractivity contribution in [3.8, 4) is 0 Å². The van der Waals surface area contributed by atoms with Gasteiger partial charge in [-0.2, -0.15) is 0 Å². The fraction of sp³-hybridized carbons (Fsp3) is 0.222. The summed E-state index contributed by atoms with van der Waals surface area (Å²) < 4.78 is 2.19. The van der Waals surface area contributed by atoms with Crippen molar-refractivity contribution in [3.63, 3.8) is 0 Å². The average Bonchev–Trinajstić information content (AvgIpc) is 2.86. The van der Waals surface area contributed by atoms with Crippen molar-refractivity contribution < 1.29 is 5.11 Å². The number of aliphatic hydroxyl groups is 1. The van der Waals surface area contributed by atoms with Gasteiger partial charge < -0.3 is 9.67 Å². The number of nitrogens with zero attached hydrogens (tertiary/aromatic N) is 1. The average molecular weight is 300 g/mol. The number of benzene rings is 2. The van der Waals surface area contributed by atoms with Crippen molar-refractivity contribution in [1.82, 2.24) is 4.57 Å². The van der Waals surface area contributed by atoms with E-state index in [1.165, 1.54) is 5.56 Å². The van der Waals surface area contributed by atoms with Crippen molar-refractivity contribution in [2.75, 3.05) is 0 Å². The zero-order valence-corrected chi connectivity index (χ0v) is 12.6. The Bertz CT molecular complexity index is 734. The Balaban J connectivity index is 1.79. The zero-order chi connectivity index (χ0) is 14.7. The molecule has 2 nitrogen and oxygen atoms in total. The molecule has 0 fully saturated rings. The van der Waals surface area contributed by atoms with Crippen LogP contribution in [0.5, 0.6) is 0 Å². The summed E-state index contributed by atoms with van der Waals surface area (Å²) in [6, 6.07) is 16.3. The summed E-state index contributed by atoms with van der Waals surface area (Å²) in [5.41, 5.74) is 3.41. The van der Waals surface area contributed by atoms with Crippen molar-refractivity contribution in [2.45, 2.75) is 26.0 Å². The number of aryl methyl sites for hydroxylation is 2.